The van der Waals surface area contributed by atoms with Gasteiger partial charge < -0.3 is 10.1 Å². The van der Waals surface area contributed by atoms with E-state index in [9.17, 15) is 19.7 Å². The van der Waals surface area contributed by atoms with Crippen LogP contribution in [-0.2, 0) is 16.0 Å². The molecule has 0 aliphatic rings. The molecule has 0 aliphatic heterocycles. The van der Waals surface area contributed by atoms with Gasteiger partial charge in [-0.3, -0.25) is 19.7 Å². The number of Topliss-reactive ketones (excluding diaryl/α,β-unsaturated/α-hetero) is 1. The van der Waals surface area contributed by atoms with E-state index in [2.05, 4.69) is 5.32 Å². The van der Waals surface area contributed by atoms with Crippen molar-refractivity contribution in [2.24, 2.45) is 0 Å². The summed E-state index contributed by atoms with van der Waals surface area (Å²) in [6.07, 6.45) is 0.402. The summed E-state index contributed by atoms with van der Waals surface area (Å²) < 4.78 is 5.29. The zero-order valence-corrected chi connectivity index (χ0v) is 13.7. The lowest BCUT2D eigenvalue weighted by Crippen LogP contribution is -2.43. The highest BCUT2D eigenvalue weighted by atomic mass is 16.6. The Hall–Kier alpha value is -3.22. The summed E-state index contributed by atoms with van der Waals surface area (Å²) in [5.74, 6) is -0.245. The molecule has 0 unspecified atom stereocenters. The molecule has 0 fully saturated rings. The lowest BCUT2D eigenvalue weighted by Gasteiger charge is -2.16. The Balaban J connectivity index is 1.88. The van der Waals surface area contributed by atoms with Crippen LogP contribution in [-0.4, -0.2) is 29.3 Å². The summed E-state index contributed by atoms with van der Waals surface area (Å²) in [5.41, 5.74) is 0.885. The molecule has 0 heterocycles. The maximum absolute atomic E-state index is 12.0. The van der Waals surface area contributed by atoms with Crippen molar-refractivity contribution >= 4 is 17.4 Å². The average molecular weight is 342 g/mol. The SMILES string of the molecule is CC(=O)[C@H](Cc1ccccc1)NC(=O)COc1ccc([N+](=O)[O-])cc1. The second-order valence-electron chi connectivity index (χ2n) is 5.46. The molecule has 0 spiro atoms. The van der Waals surface area contributed by atoms with Crippen LogP contribution in [0.2, 0.25) is 0 Å². The molecule has 1 amide bonds. The van der Waals surface area contributed by atoms with Crippen LogP contribution in [0.25, 0.3) is 0 Å². The van der Waals surface area contributed by atoms with Gasteiger partial charge in [0.25, 0.3) is 11.6 Å². The normalized spacial score (nSPS) is 11.4. The van der Waals surface area contributed by atoms with Crippen molar-refractivity contribution in [1.29, 1.82) is 0 Å². The Labute approximate surface area is 144 Å². The Morgan fingerprint density at radius 1 is 1.12 bits per heavy atom. The second kappa shape index (κ2) is 8.58. The largest absolute Gasteiger partial charge is 0.484 e. The predicted octanol–water partition coefficient (Wildman–Crippen LogP) is 2.29. The fraction of sp³-hybridized carbons (Fsp3) is 0.222. The molecule has 25 heavy (non-hydrogen) atoms. The van der Waals surface area contributed by atoms with Crippen LogP contribution in [0.4, 0.5) is 5.69 Å². The van der Waals surface area contributed by atoms with Crippen molar-refractivity contribution in [3.63, 3.8) is 0 Å². The van der Waals surface area contributed by atoms with Crippen molar-refractivity contribution in [2.75, 3.05) is 6.61 Å². The van der Waals surface area contributed by atoms with Gasteiger partial charge in [0.2, 0.25) is 0 Å². The molecule has 0 bridgehead atoms. The van der Waals surface area contributed by atoms with Gasteiger partial charge in [0.1, 0.15) is 5.75 Å². The molecule has 2 aromatic carbocycles. The molecule has 2 aromatic rings. The maximum atomic E-state index is 12.0. The summed E-state index contributed by atoms with van der Waals surface area (Å²) in [6, 6.07) is 14.2. The first kappa shape index (κ1) is 18.1. The minimum atomic E-state index is -0.629. The highest BCUT2D eigenvalue weighted by Gasteiger charge is 2.18. The van der Waals surface area contributed by atoms with Gasteiger partial charge in [-0.1, -0.05) is 30.3 Å². The number of rotatable bonds is 8. The maximum Gasteiger partial charge on any atom is 0.269 e. The smallest absolute Gasteiger partial charge is 0.269 e. The first-order valence-electron chi connectivity index (χ1n) is 7.66. The number of non-ortho nitro benzene ring substituents is 1. The molecule has 2 rings (SSSR count). The Kier molecular flexibility index (Phi) is 6.22. The average Bonchev–Trinajstić information content (AvgIpc) is 2.60. The first-order chi connectivity index (χ1) is 12.0. The number of hydrogen-bond acceptors (Lipinski definition) is 5. The number of ether oxygens (including phenoxy) is 1. The highest BCUT2D eigenvalue weighted by molar-refractivity contribution is 5.88. The third-order valence-electron chi connectivity index (χ3n) is 3.53. The van der Waals surface area contributed by atoms with E-state index in [-0.39, 0.29) is 18.1 Å². The molecule has 130 valence electrons. The van der Waals surface area contributed by atoms with Crippen molar-refractivity contribution in [3.8, 4) is 5.75 Å². The van der Waals surface area contributed by atoms with Gasteiger partial charge in [0.05, 0.1) is 11.0 Å². The van der Waals surface area contributed by atoms with Gasteiger partial charge in [-0.05, 0) is 31.0 Å². The molecule has 1 N–H and O–H groups in total. The van der Waals surface area contributed by atoms with Gasteiger partial charge >= 0.3 is 0 Å². The molecule has 0 aromatic heterocycles. The van der Waals surface area contributed by atoms with Crippen LogP contribution in [0.5, 0.6) is 5.75 Å². The summed E-state index contributed by atoms with van der Waals surface area (Å²) in [5, 5.41) is 13.2. The van der Waals surface area contributed by atoms with E-state index in [1.165, 1.54) is 31.2 Å². The molecule has 0 radical (unpaired) electrons. The Bertz CT molecular complexity index is 744. The van der Waals surface area contributed by atoms with E-state index in [0.717, 1.165) is 5.56 Å². The Morgan fingerprint density at radius 3 is 2.32 bits per heavy atom. The van der Waals surface area contributed by atoms with Crippen LogP contribution in [0.15, 0.2) is 54.6 Å². The lowest BCUT2D eigenvalue weighted by atomic mass is 10.0. The van der Waals surface area contributed by atoms with E-state index in [4.69, 9.17) is 4.74 Å². The standard InChI is InChI=1S/C18H18N2O5/c1-13(21)17(11-14-5-3-2-4-6-14)19-18(22)12-25-16-9-7-15(8-10-16)20(23)24/h2-10,17H,11-12H2,1H3,(H,19,22)/t17-/m0/s1. The van der Waals surface area contributed by atoms with Gasteiger partial charge in [0, 0.05) is 12.1 Å². The van der Waals surface area contributed by atoms with Crippen molar-refractivity contribution < 1.29 is 19.2 Å². The number of hydrogen-bond donors (Lipinski definition) is 1. The summed E-state index contributed by atoms with van der Waals surface area (Å²) in [7, 11) is 0. The summed E-state index contributed by atoms with van der Waals surface area (Å²) in [6.45, 7) is 1.14. The van der Waals surface area contributed by atoms with Gasteiger partial charge in [-0.25, -0.2) is 0 Å². The zero-order chi connectivity index (χ0) is 18.2. The third-order valence-corrected chi connectivity index (χ3v) is 3.53. The number of nitro benzene ring substituents is 1. The second-order valence-corrected chi connectivity index (χ2v) is 5.46. The molecular weight excluding hydrogens is 324 g/mol. The van der Waals surface area contributed by atoms with E-state index in [1.807, 2.05) is 30.3 Å². The summed E-state index contributed by atoms with van der Waals surface area (Å²) >= 11 is 0. The topological polar surface area (TPSA) is 98.5 Å². The molecule has 0 saturated heterocycles. The van der Waals surface area contributed by atoms with Crippen LogP contribution < -0.4 is 10.1 Å². The van der Waals surface area contributed by atoms with Crippen LogP contribution >= 0.6 is 0 Å². The highest BCUT2D eigenvalue weighted by Crippen LogP contribution is 2.17. The zero-order valence-electron chi connectivity index (χ0n) is 13.7. The van der Waals surface area contributed by atoms with Crippen LogP contribution in [0.3, 0.4) is 0 Å². The van der Waals surface area contributed by atoms with Gasteiger partial charge in [0.15, 0.2) is 12.4 Å². The van der Waals surface area contributed by atoms with E-state index in [0.29, 0.717) is 12.2 Å². The molecule has 1 atom stereocenters. The fourth-order valence-corrected chi connectivity index (χ4v) is 2.20. The molecule has 0 aliphatic carbocycles. The number of carbonyl (C=O) groups excluding carboxylic acids is 2. The van der Waals surface area contributed by atoms with E-state index < -0.39 is 16.9 Å². The third kappa shape index (κ3) is 5.72. The number of nitrogens with one attached hydrogen (secondary N) is 1. The molecule has 7 heteroatoms. The first-order valence-corrected chi connectivity index (χ1v) is 7.66. The minimum Gasteiger partial charge on any atom is -0.484 e. The number of ketones is 1. The van der Waals surface area contributed by atoms with Crippen molar-refractivity contribution in [2.45, 2.75) is 19.4 Å². The lowest BCUT2D eigenvalue weighted by molar-refractivity contribution is -0.384. The van der Waals surface area contributed by atoms with Gasteiger partial charge in [-0.15, -0.1) is 0 Å². The van der Waals surface area contributed by atoms with E-state index >= 15 is 0 Å². The monoisotopic (exact) mass is 342 g/mol. The van der Waals surface area contributed by atoms with Gasteiger partial charge in [-0.2, -0.15) is 0 Å². The fourth-order valence-electron chi connectivity index (χ4n) is 2.20. The van der Waals surface area contributed by atoms with Crippen molar-refractivity contribution in [3.05, 3.63) is 70.3 Å². The van der Waals surface area contributed by atoms with Crippen molar-refractivity contribution in [1.82, 2.24) is 5.32 Å². The minimum absolute atomic E-state index is 0.0590. The number of benzene rings is 2. The molecular formula is C18H18N2O5. The number of amides is 1. The number of nitrogens with zero attached hydrogens (tertiary/aromatic N) is 1. The number of nitro groups is 1. The Morgan fingerprint density at radius 2 is 1.76 bits per heavy atom. The molecule has 0 saturated carbocycles. The van der Waals surface area contributed by atoms with E-state index in [1.54, 1.807) is 0 Å². The summed E-state index contributed by atoms with van der Waals surface area (Å²) in [4.78, 5) is 33.8. The number of carbonyl (C=O) groups is 2. The van der Waals surface area contributed by atoms with Crippen LogP contribution in [0, 0.1) is 10.1 Å². The van der Waals surface area contributed by atoms with Crippen LogP contribution in [0.1, 0.15) is 12.5 Å². The molecule has 7 nitrogen and oxygen atoms in total. The quantitative estimate of drug-likeness (QED) is 0.586. The predicted molar refractivity (Wildman–Crippen MR) is 91.3 cm³/mol.